The highest BCUT2D eigenvalue weighted by atomic mass is 32.1. The van der Waals surface area contributed by atoms with Gasteiger partial charge in [-0.1, -0.05) is 52.3 Å². The van der Waals surface area contributed by atoms with Crippen molar-refractivity contribution < 1.29 is 0 Å². The first-order valence-electron chi connectivity index (χ1n) is 6.59. The summed E-state index contributed by atoms with van der Waals surface area (Å²) in [6, 6.07) is 8.33. The molecule has 0 unspecified atom stereocenters. The van der Waals surface area contributed by atoms with Gasteiger partial charge in [0.15, 0.2) is 5.11 Å². The largest absolute Gasteiger partial charge is 0.362 e. The lowest BCUT2D eigenvalue weighted by atomic mass is 9.86. The highest BCUT2D eigenvalue weighted by molar-refractivity contribution is 7.80. The van der Waals surface area contributed by atoms with Gasteiger partial charge in [-0.15, -0.1) is 0 Å². The topological polar surface area (TPSA) is 24.1 Å². The summed E-state index contributed by atoms with van der Waals surface area (Å²) >= 11 is 5.31. The van der Waals surface area contributed by atoms with Crippen LogP contribution in [0.2, 0.25) is 0 Å². The van der Waals surface area contributed by atoms with Crippen LogP contribution < -0.4 is 10.6 Å². The van der Waals surface area contributed by atoms with Crippen molar-refractivity contribution in [2.24, 2.45) is 0 Å². The first-order chi connectivity index (χ1) is 8.45. The summed E-state index contributed by atoms with van der Waals surface area (Å²) in [5.74, 6) is 0. The molecule has 0 aliphatic heterocycles. The number of thiocarbonyl (C=S) groups is 1. The highest BCUT2D eigenvalue weighted by Crippen LogP contribution is 2.29. The molecule has 3 heteroatoms. The third kappa shape index (κ3) is 4.65. The fraction of sp³-hybridized carbons (Fsp3) is 0.533. The van der Waals surface area contributed by atoms with E-state index in [2.05, 4.69) is 56.5 Å². The normalized spacial score (nSPS) is 11.1. The van der Waals surface area contributed by atoms with Gasteiger partial charge in [0.2, 0.25) is 0 Å². The van der Waals surface area contributed by atoms with Gasteiger partial charge in [0.05, 0.1) is 0 Å². The Morgan fingerprint density at radius 1 is 1.22 bits per heavy atom. The molecule has 0 atom stereocenters. The molecular weight excluding hydrogens is 240 g/mol. The van der Waals surface area contributed by atoms with Crippen molar-refractivity contribution >= 4 is 23.0 Å². The molecule has 0 aromatic heterocycles. The van der Waals surface area contributed by atoms with Crippen molar-refractivity contribution in [1.29, 1.82) is 0 Å². The van der Waals surface area contributed by atoms with E-state index in [4.69, 9.17) is 12.2 Å². The molecule has 0 spiro atoms. The van der Waals surface area contributed by atoms with Crippen LogP contribution in [-0.2, 0) is 5.41 Å². The second-order valence-corrected chi connectivity index (χ2v) is 5.94. The monoisotopic (exact) mass is 264 g/mol. The smallest absolute Gasteiger partial charge is 0.170 e. The quantitative estimate of drug-likeness (QED) is 0.633. The van der Waals surface area contributed by atoms with Crippen LogP contribution in [0.4, 0.5) is 5.69 Å². The van der Waals surface area contributed by atoms with Crippen LogP contribution in [0.3, 0.4) is 0 Å². The van der Waals surface area contributed by atoms with Gasteiger partial charge in [-0.25, -0.2) is 0 Å². The second kappa shape index (κ2) is 6.74. The third-order valence-electron chi connectivity index (χ3n) is 2.80. The van der Waals surface area contributed by atoms with Crippen LogP contribution in [0.1, 0.15) is 46.1 Å². The molecule has 2 nitrogen and oxygen atoms in total. The number of unbranched alkanes of at least 4 members (excludes halogenated alkanes) is 1. The molecule has 0 aliphatic carbocycles. The molecule has 0 heterocycles. The van der Waals surface area contributed by atoms with Gasteiger partial charge in [0.25, 0.3) is 0 Å². The minimum Gasteiger partial charge on any atom is -0.362 e. The molecule has 1 aromatic carbocycles. The highest BCUT2D eigenvalue weighted by Gasteiger charge is 2.17. The molecule has 0 radical (unpaired) electrons. The zero-order valence-electron chi connectivity index (χ0n) is 11.8. The molecule has 18 heavy (non-hydrogen) atoms. The van der Waals surface area contributed by atoms with Crippen molar-refractivity contribution in [2.75, 3.05) is 11.9 Å². The summed E-state index contributed by atoms with van der Waals surface area (Å²) in [5, 5.41) is 7.24. The van der Waals surface area contributed by atoms with Crippen LogP contribution >= 0.6 is 12.2 Å². The summed E-state index contributed by atoms with van der Waals surface area (Å²) in [5.41, 5.74) is 2.49. The molecule has 0 bridgehead atoms. The van der Waals surface area contributed by atoms with E-state index in [0.29, 0.717) is 5.11 Å². The van der Waals surface area contributed by atoms with Gasteiger partial charge in [0, 0.05) is 12.2 Å². The molecule has 1 rings (SSSR count). The average molecular weight is 264 g/mol. The number of para-hydroxylation sites is 1. The number of rotatable bonds is 4. The fourth-order valence-corrected chi connectivity index (χ4v) is 2.00. The molecule has 0 amide bonds. The zero-order chi connectivity index (χ0) is 13.6. The lowest BCUT2D eigenvalue weighted by Gasteiger charge is -2.23. The first-order valence-corrected chi connectivity index (χ1v) is 7.00. The standard InChI is InChI=1S/C15H24N2S/c1-5-6-11-16-14(18)17-13-10-8-7-9-12(13)15(2,3)4/h7-10H,5-6,11H2,1-4H3,(H2,16,17,18). The Morgan fingerprint density at radius 3 is 2.50 bits per heavy atom. The van der Waals surface area contributed by atoms with Crippen LogP contribution in [-0.4, -0.2) is 11.7 Å². The Bertz CT molecular complexity index is 394. The van der Waals surface area contributed by atoms with E-state index in [9.17, 15) is 0 Å². The summed E-state index contributed by atoms with van der Waals surface area (Å²) in [7, 11) is 0. The van der Waals surface area contributed by atoms with Crippen molar-refractivity contribution in [3.8, 4) is 0 Å². The van der Waals surface area contributed by atoms with Crippen molar-refractivity contribution in [1.82, 2.24) is 5.32 Å². The van der Waals surface area contributed by atoms with Crippen molar-refractivity contribution in [3.63, 3.8) is 0 Å². The Morgan fingerprint density at radius 2 is 1.89 bits per heavy atom. The van der Waals surface area contributed by atoms with Crippen LogP contribution in [0, 0.1) is 0 Å². The van der Waals surface area contributed by atoms with Gasteiger partial charge in [-0.2, -0.15) is 0 Å². The van der Waals surface area contributed by atoms with E-state index < -0.39 is 0 Å². The minimum atomic E-state index is 0.114. The maximum absolute atomic E-state index is 5.31. The van der Waals surface area contributed by atoms with Gasteiger partial charge in [-0.3, -0.25) is 0 Å². The minimum absolute atomic E-state index is 0.114. The molecular formula is C15H24N2S. The van der Waals surface area contributed by atoms with Crippen LogP contribution in [0.25, 0.3) is 0 Å². The number of hydrogen-bond donors (Lipinski definition) is 2. The molecule has 0 saturated heterocycles. The molecule has 0 fully saturated rings. The SMILES string of the molecule is CCCCNC(=S)Nc1ccccc1C(C)(C)C. The van der Waals surface area contributed by atoms with Gasteiger partial charge in [-0.05, 0) is 35.7 Å². The maximum Gasteiger partial charge on any atom is 0.170 e. The average Bonchev–Trinajstić information content (AvgIpc) is 2.28. The number of anilines is 1. The van der Waals surface area contributed by atoms with E-state index >= 15 is 0 Å². The number of benzene rings is 1. The second-order valence-electron chi connectivity index (χ2n) is 5.53. The zero-order valence-corrected chi connectivity index (χ0v) is 12.7. The Balaban J connectivity index is 2.70. The first kappa shape index (κ1) is 15.0. The Hall–Kier alpha value is -1.09. The predicted octanol–water partition coefficient (Wildman–Crippen LogP) is 4.07. The van der Waals surface area contributed by atoms with E-state index in [-0.39, 0.29) is 5.41 Å². The molecule has 0 aliphatic rings. The predicted molar refractivity (Wildman–Crippen MR) is 84.3 cm³/mol. The summed E-state index contributed by atoms with van der Waals surface area (Å²) in [4.78, 5) is 0. The lowest BCUT2D eigenvalue weighted by molar-refractivity contribution is 0.592. The third-order valence-corrected chi connectivity index (χ3v) is 3.05. The van der Waals surface area contributed by atoms with Crippen LogP contribution in [0.15, 0.2) is 24.3 Å². The van der Waals surface area contributed by atoms with E-state index in [1.54, 1.807) is 0 Å². The molecule has 0 saturated carbocycles. The fourth-order valence-electron chi connectivity index (χ4n) is 1.79. The Labute approximate surface area is 116 Å². The van der Waals surface area contributed by atoms with E-state index in [1.165, 1.54) is 12.0 Å². The van der Waals surface area contributed by atoms with Crippen molar-refractivity contribution in [2.45, 2.75) is 46.0 Å². The van der Waals surface area contributed by atoms with E-state index in [0.717, 1.165) is 18.7 Å². The maximum atomic E-state index is 5.31. The molecule has 100 valence electrons. The number of nitrogens with one attached hydrogen (secondary N) is 2. The van der Waals surface area contributed by atoms with E-state index in [1.807, 2.05) is 6.07 Å². The molecule has 2 N–H and O–H groups in total. The van der Waals surface area contributed by atoms with Gasteiger partial charge in [0.1, 0.15) is 0 Å². The summed E-state index contributed by atoms with van der Waals surface area (Å²) < 4.78 is 0. The Kier molecular flexibility index (Phi) is 5.60. The number of hydrogen-bond acceptors (Lipinski definition) is 1. The van der Waals surface area contributed by atoms with Crippen molar-refractivity contribution in [3.05, 3.63) is 29.8 Å². The summed E-state index contributed by atoms with van der Waals surface area (Å²) in [6.07, 6.45) is 2.32. The summed E-state index contributed by atoms with van der Waals surface area (Å²) in [6.45, 7) is 9.73. The molecule has 1 aromatic rings. The van der Waals surface area contributed by atoms with Gasteiger partial charge < -0.3 is 10.6 Å². The van der Waals surface area contributed by atoms with Gasteiger partial charge >= 0.3 is 0 Å². The van der Waals surface area contributed by atoms with Crippen LogP contribution in [0.5, 0.6) is 0 Å². The lowest BCUT2D eigenvalue weighted by Crippen LogP contribution is -2.30.